The topological polar surface area (TPSA) is 17.8 Å². The molecule has 0 spiro atoms. The lowest BCUT2D eigenvalue weighted by atomic mass is 10.3. The molecule has 0 amide bonds. The van der Waals surface area contributed by atoms with Crippen LogP contribution in [0.1, 0.15) is 0 Å². The zero-order valence-electron chi connectivity index (χ0n) is 6.61. The molecular formula is C9H6Cl2N2. The molecule has 0 radical (unpaired) electrons. The van der Waals surface area contributed by atoms with Gasteiger partial charge in [-0.15, -0.1) is 0 Å². The highest BCUT2D eigenvalue weighted by Crippen LogP contribution is 2.15. The third-order valence-electron chi connectivity index (χ3n) is 1.62. The van der Waals surface area contributed by atoms with Crippen molar-refractivity contribution in [2.24, 2.45) is 0 Å². The Hall–Kier alpha value is -0.990. The van der Waals surface area contributed by atoms with E-state index < -0.39 is 0 Å². The van der Waals surface area contributed by atoms with Crippen LogP contribution >= 0.6 is 23.2 Å². The molecule has 0 aliphatic heterocycles. The second-order valence-corrected chi connectivity index (χ2v) is 3.46. The number of halogens is 2. The van der Waals surface area contributed by atoms with Crippen molar-refractivity contribution in [3.8, 4) is 5.69 Å². The van der Waals surface area contributed by atoms with Gasteiger partial charge in [0.25, 0.3) is 0 Å². The Morgan fingerprint density at radius 2 is 2.00 bits per heavy atom. The lowest BCUT2D eigenvalue weighted by Gasteiger charge is -1.99. The summed E-state index contributed by atoms with van der Waals surface area (Å²) in [6, 6.07) is 7.42. The van der Waals surface area contributed by atoms with Crippen LogP contribution in [0, 0.1) is 0 Å². The molecule has 0 N–H and O–H groups in total. The summed E-state index contributed by atoms with van der Waals surface area (Å²) in [6.07, 6.45) is 3.32. The molecule has 0 bridgehead atoms. The van der Waals surface area contributed by atoms with Gasteiger partial charge >= 0.3 is 0 Å². The van der Waals surface area contributed by atoms with E-state index in [0.29, 0.717) is 10.0 Å². The van der Waals surface area contributed by atoms with Gasteiger partial charge < -0.3 is 0 Å². The Morgan fingerprint density at radius 3 is 2.62 bits per heavy atom. The fourth-order valence-electron chi connectivity index (χ4n) is 1.06. The molecule has 66 valence electrons. The van der Waals surface area contributed by atoms with Gasteiger partial charge in [0, 0.05) is 11.2 Å². The summed E-state index contributed by atoms with van der Waals surface area (Å²) in [6.45, 7) is 0. The maximum absolute atomic E-state index is 5.83. The van der Waals surface area contributed by atoms with E-state index in [2.05, 4.69) is 5.10 Å². The molecule has 2 rings (SSSR count). The summed E-state index contributed by atoms with van der Waals surface area (Å²) < 4.78 is 1.67. The highest BCUT2D eigenvalue weighted by atomic mass is 35.5. The van der Waals surface area contributed by atoms with Gasteiger partial charge in [0.15, 0.2) is 0 Å². The van der Waals surface area contributed by atoms with Crippen molar-refractivity contribution in [1.82, 2.24) is 9.78 Å². The lowest BCUT2D eigenvalue weighted by Crippen LogP contribution is -1.92. The second-order valence-electron chi connectivity index (χ2n) is 2.58. The van der Waals surface area contributed by atoms with E-state index >= 15 is 0 Å². The summed E-state index contributed by atoms with van der Waals surface area (Å²) in [5.41, 5.74) is 0.902. The van der Waals surface area contributed by atoms with Gasteiger partial charge in [-0.1, -0.05) is 29.3 Å². The summed E-state index contributed by atoms with van der Waals surface area (Å²) in [7, 11) is 0. The molecular weight excluding hydrogens is 207 g/mol. The fourth-order valence-corrected chi connectivity index (χ4v) is 1.38. The number of nitrogens with zero attached hydrogens (tertiary/aromatic N) is 2. The molecule has 2 aromatic rings. The van der Waals surface area contributed by atoms with Gasteiger partial charge in [0.1, 0.15) is 0 Å². The molecule has 0 fully saturated rings. The molecule has 1 aromatic heterocycles. The molecule has 0 saturated carbocycles. The predicted octanol–water partition coefficient (Wildman–Crippen LogP) is 3.18. The van der Waals surface area contributed by atoms with E-state index in [9.17, 15) is 0 Å². The Balaban J connectivity index is 2.46. The SMILES string of the molecule is Clc1cccc(-n2cc(Cl)cn2)c1. The molecule has 13 heavy (non-hydrogen) atoms. The third-order valence-corrected chi connectivity index (χ3v) is 2.05. The number of rotatable bonds is 1. The van der Waals surface area contributed by atoms with E-state index in [-0.39, 0.29) is 0 Å². The molecule has 1 heterocycles. The quantitative estimate of drug-likeness (QED) is 0.711. The van der Waals surface area contributed by atoms with Gasteiger partial charge in [-0.2, -0.15) is 5.10 Å². The van der Waals surface area contributed by atoms with Crippen LogP contribution in [0.4, 0.5) is 0 Å². The average Bonchev–Trinajstić information content (AvgIpc) is 2.52. The van der Waals surface area contributed by atoms with Crippen molar-refractivity contribution in [3.63, 3.8) is 0 Å². The fraction of sp³-hybridized carbons (Fsp3) is 0. The third kappa shape index (κ3) is 1.85. The zero-order chi connectivity index (χ0) is 9.26. The molecule has 1 aromatic carbocycles. The van der Waals surface area contributed by atoms with Crippen LogP contribution in [0.2, 0.25) is 10.0 Å². The van der Waals surface area contributed by atoms with Crippen molar-refractivity contribution >= 4 is 23.2 Å². The van der Waals surface area contributed by atoms with Crippen LogP contribution in [0.3, 0.4) is 0 Å². The Morgan fingerprint density at radius 1 is 1.15 bits per heavy atom. The maximum atomic E-state index is 5.83. The van der Waals surface area contributed by atoms with E-state index in [0.717, 1.165) is 5.69 Å². The molecule has 0 unspecified atom stereocenters. The van der Waals surface area contributed by atoms with E-state index in [4.69, 9.17) is 23.2 Å². The van der Waals surface area contributed by atoms with Gasteiger partial charge in [0.05, 0.1) is 16.9 Å². The first-order chi connectivity index (χ1) is 6.25. The molecule has 0 aliphatic carbocycles. The minimum Gasteiger partial charge on any atom is -0.239 e. The number of hydrogen-bond acceptors (Lipinski definition) is 1. The minimum atomic E-state index is 0.611. The summed E-state index contributed by atoms with van der Waals surface area (Å²) >= 11 is 11.6. The standard InChI is InChI=1S/C9H6Cl2N2/c10-7-2-1-3-9(4-7)13-6-8(11)5-12-13/h1-6H. The first-order valence-electron chi connectivity index (χ1n) is 3.72. The Kier molecular flexibility index (Phi) is 2.25. The van der Waals surface area contributed by atoms with Crippen molar-refractivity contribution in [3.05, 3.63) is 46.7 Å². The highest BCUT2D eigenvalue weighted by Gasteiger charge is 1.98. The smallest absolute Gasteiger partial charge is 0.0790 e. The van der Waals surface area contributed by atoms with Crippen LogP contribution in [-0.4, -0.2) is 9.78 Å². The van der Waals surface area contributed by atoms with Crippen LogP contribution in [0.15, 0.2) is 36.7 Å². The van der Waals surface area contributed by atoms with Gasteiger partial charge in [0.2, 0.25) is 0 Å². The number of aromatic nitrogens is 2. The van der Waals surface area contributed by atoms with E-state index in [1.807, 2.05) is 24.3 Å². The Bertz CT molecular complexity index is 423. The minimum absolute atomic E-state index is 0.611. The maximum Gasteiger partial charge on any atom is 0.0790 e. The zero-order valence-corrected chi connectivity index (χ0v) is 8.13. The van der Waals surface area contributed by atoms with E-state index in [1.165, 1.54) is 0 Å². The molecule has 0 atom stereocenters. The first-order valence-corrected chi connectivity index (χ1v) is 4.47. The summed E-state index contributed by atoms with van der Waals surface area (Å²) in [4.78, 5) is 0. The molecule has 2 nitrogen and oxygen atoms in total. The monoisotopic (exact) mass is 212 g/mol. The van der Waals surface area contributed by atoms with Crippen molar-refractivity contribution in [2.45, 2.75) is 0 Å². The first kappa shape index (κ1) is 8.60. The average molecular weight is 213 g/mol. The van der Waals surface area contributed by atoms with E-state index in [1.54, 1.807) is 17.1 Å². The van der Waals surface area contributed by atoms with Crippen LogP contribution in [-0.2, 0) is 0 Å². The molecule has 0 aliphatic rings. The molecule has 4 heteroatoms. The van der Waals surface area contributed by atoms with Crippen LogP contribution in [0.5, 0.6) is 0 Å². The van der Waals surface area contributed by atoms with Crippen molar-refractivity contribution < 1.29 is 0 Å². The molecule has 0 saturated heterocycles. The van der Waals surface area contributed by atoms with Crippen LogP contribution in [0.25, 0.3) is 5.69 Å². The summed E-state index contributed by atoms with van der Waals surface area (Å²) in [5, 5.41) is 5.35. The number of benzene rings is 1. The lowest BCUT2D eigenvalue weighted by molar-refractivity contribution is 0.881. The van der Waals surface area contributed by atoms with Gasteiger partial charge in [-0.3, -0.25) is 0 Å². The second kappa shape index (κ2) is 3.40. The van der Waals surface area contributed by atoms with Gasteiger partial charge in [-0.25, -0.2) is 4.68 Å². The number of hydrogen-bond donors (Lipinski definition) is 0. The van der Waals surface area contributed by atoms with Crippen LogP contribution < -0.4 is 0 Å². The largest absolute Gasteiger partial charge is 0.239 e. The predicted molar refractivity (Wildman–Crippen MR) is 53.6 cm³/mol. The summed E-state index contributed by atoms with van der Waals surface area (Å²) in [5.74, 6) is 0. The normalized spacial score (nSPS) is 10.3. The Labute approximate surface area is 85.7 Å². The van der Waals surface area contributed by atoms with Crippen molar-refractivity contribution in [2.75, 3.05) is 0 Å². The van der Waals surface area contributed by atoms with Crippen molar-refractivity contribution in [1.29, 1.82) is 0 Å². The van der Waals surface area contributed by atoms with Gasteiger partial charge in [-0.05, 0) is 18.2 Å². The highest BCUT2D eigenvalue weighted by molar-refractivity contribution is 6.31.